The molecule has 2 fully saturated rings. The second-order valence-electron chi connectivity index (χ2n) is 8.69. The average molecular weight is 418 g/mol. The van der Waals surface area contributed by atoms with Crippen LogP contribution in [0.15, 0.2) is 54.9 Å². The number of nitrogens with zero attached hydrogens (tertiary/aromatic N) is 3. The number of piperazine rings is 1. The molecule has 3 atom stereocenters. The van der Waals surface area contributed by atoms with Crippen molar-refractivity contribution in [1.29, 1.82) is 0 Å². The van der Waals surface area contributed by atoms with Gasteiger partial charge in [0, 0.05) is 24.9 Å². The molecule has 31 heavy (non-hydrogen) atoms. The van der Waals surface area contributed by atoms with Gasteiger partial charge in [0.1, 0.15) is 0 Å². The Kier molecular flexibility index (Phi) is 5.32. The fourth-order valence-electron chi connectivity index (χ4n) is 5.33. The fraction of sp³-hybridized carbons (Fsp3) is 0.400. The topological polar surface area (TPSA) is 73.7 Å². The Morgan fingerprint density at radius 2 is 1.90 bits per heavy atom. The second-order valence-corrected chi connectivity index (χ2v) is 8.69. The minimum Gasteiger partial charge on any atom is -0.394 e. The molecule has 2 aliphatic heterocycles. The van der Waals surface area contributed by atoms with Crippen molar-refractivity contribution in [3.63, 3.8) is 0 Å². The maximum Gasteiger partial charge on any atom is 0.242 e. The molecule has 6 heteroatoms. The van der Waals surface area contributed by atoms with E-state index in [1.807, 2.05) is 12.1 Å². The number of allylic oxidation sites excluding steroid dienone is 2. The van der Waals surface area contributed by atoms with Crippen LogP contribution >= 0.6 is 0 Å². The summed E-state index contributed by atoms with van der Waals surface area (Å²) in [6.45, 7) is 0.519. The highest BCUT2D eigenvalue weighted by molar-refractivity contribution is 5.88. The average Bonchev–Trinajstić information content (AvgIpc) is 3.31. The molecule has 0 radical (unpaired) electrons. The van der Waals surface area contributed by atoms with Gasteiger partial charge in [0.15, 0.2) is 0 Å². The molecular formula is C25H27N3O3. The Morgan fingerprint density at radius 1 is 1.13 bits per heavy atom. The maximum absolute atomic E-state index is 12.9. The number of carbonyl (C=O) groups excluding carboxylic acids is 2. The first-order valence-electron chi connectivity index (χ1n) is 11.0. The van der Waals surface area contributed by atoms with Gasteiger partial charge < -0.3 is 14.9 Å². The Hall–Kier alpha value is -2.99. The molecular weight excluding hydrogens is 390 g/mol. The molecule has 160 valence electrons. The molecule has 2 saturated heterocycles. The van der Waals surface area contributed by atoms with Crippen LogP contribution in [0.2, 0.25) is 0 Å². The molecule has 2 aromatic rings. The third-order valence-corrected chi connectivity index (χ3v) is 6.92. The van der Waals surface area contributed by atoms with Crippen molar-refractivity contribution in [2.24, 2.45) is 0 Å². The predicted molar refractivity (Wildman–Crippen MR) is 117 cm³/mol. The van der Waals surface area contributed by atoms with Gasteiger partial charge in [0.25, 0.3) is 0 Å². The quantitative estimate of drug-likeness (QED) is 0.811. The largest absolute Gasteiger partial charge is 0.394 e. The molecule has 6 nitrogen and oxygen atoms in total. The number of fused-ring (bicyclic) bond motifs is 1. The van der Waals surface area contributed by atoms with Crippen molar-refractivity contribution in [3.05, 3.63) is 71.6 Å². The van der Waals surface area contributed by atoms with E-state index < -0.39 is 0 Å². The van der Waals surface area contributed by atoms with Crippen LogP contribution in [0, 0.1) is 0 Å². The summed E-state index contributed by atoms with van der Waals surface area (Å²) >= 11 is 0. The van der Waals surface area contributed by atoms with Crippen molar-refractivity contribution in [2.45, 2.75) is 43.7 Å². The third kappa shape index (κ3) is 3.65. The Bertz CT molecular complexity index is 1000. The van der Waals surface area contributed by atoms with Crippen LogP contribution in [0.5, 0.6) is 0 Å². The lowest BCUT2D eigenvalue weighted by atomic mass is 9.73. The summed E-state index contributed by atoms with van der Waals surface area (Å²) in [4.78, 5) is 33.1. The Morgan fingerprint density at radius 3 is 2.58 bits per heavy atom. The van der Waals surface area contributed by atoms with Crippen molar-refractivity contribution in [2.75, 3.05) is 19.7 Å². The highest BCUT2D eigenvalue weighted by Gasteiger charge is 2.54. The van der Waals surface area contributed by atoms with Gasteiger partial charge in [-0.25, -0.2) is 0 Å². The molecule has 5 rings (SSSR count). The van der Waals surface area contributed by atoms with Crippen molar-refractivity contribution in [3.8, 4) is 0 Å². The van der Waals surface area contributed by atoms with Crippen LogP contribution in [0.25, 0.3) is 5.57 Å². The zero-order valence-electron chi connectivity index (χ0n) is 17.5. The number of amides is 2. The standard InChI is InChI=1S/C25H27N3O3/c29-16-22-25(20-7-5-19(6-8-20)18-3-1-2-4-18)21-14-27(15-24(31)28(21)22)23(30)13-17-9-11-26-12-10-17/h3,5-12,21-22,25,29H,1-2,4,13-16H2/t21-,22+,25+/m0/s1. The molecule has 1 aromatic heterocycles. The van der Waals surface area contributed by atoms with E-state index in [4.69, 9.17) is 0 Å². The number of hydrogen-bond donors (Lipinski definition) is 1. The van der Waals surface area contributed by atoms with Crippen molar-refractivity contribution < 1.29 is 14.7 Å². The molecule has 0 spiro atoms. The summed E-state index contributed by atoms with van der Waals surface area (Å²) in [5.41, 5.74) is 4.68. The monoisotopic (exact) mass is 417 g/mol. The molecule has 3 heterocycles. The summed E-state index contributed by atoms with van der Waals surface area (Å²) in [6.07, 6.45) is 9.41. The van der Waals surface area contributed by atoms with E-state index >= 15 is 0 Å². The molecule has 2 amide bonds. The van der Waals surface area contributed by atoms with E-state index in [0.29, 0.717) is 6.54 Å². The van der Waals surface area contributed by atoms with Gasteiger partial charge in [-0.1, -0.05) is 30.3 Å². The van der Waals surface area contributed by atoms with Crippen LogP contribution in [0.3, 0.4) is 0 Å². The minimum absolute atomic E-state index is 0.0390. The summed E-state index contributed by atoms with van der Waals surface area (Å²) < 4.78 is 0. The van der Waals surface area contributed by atoms with Gasteiger partial charge in [0.2, 0.25) is 11.8 Å². The van der Waals surface area contributed by atoms with Gasteiger partial charge in [-0.05, 0) is 53.7 Å². The number of aliphatic hydroxyl groups excluding tert-OH is 1. The van der Waals surface area contributed by atoms with Crippen LogP contribution in [0.4, 0.5) is 0 Å². The van der Waals surface area contributed by atoms with Gasteiger partial charge in [0.05, 0.1) is 31.7 Å². The van der Waals surface area contributed by atoms with Crippen molar-refractivity contribution in [1.82, 2.24) is 14.8 Å². The molecule has 0 bridgehead atoms. The van der Waals surface area contributed by atoms with Crippen molar-refractivity contribution >= 4 is 17.4 Å². The number of hydrogen-bond acceptors (Lipinski definition) is 4. The van der Waals surface area contributed by atoms with Crippen LogP contribution in [-0.2, 0) is 16.0 Å². The van der Waals surface area contributed by atoms with Gasteiger partial charge in [-0.2, -0.15) is 0 Å². The first-order chi connectivity index (χ1) is 15.2. The third-order valence-electron chi connectivity index (χ3n) is 6.92. The van der Waals surface area contributed by atoms with E-state index in [2.05, 4.69) is 35.3 Å². The first kappa shape index (κ1) is 19.9. The summed E-state index contributed by atoms with van der Waals surface area (Å²) in [6, 6.07) is 11.9. The molecule has 1 aliphatic carbocycles. The number of carbonyl (C=O) groups is 2. The maximum atomic E-state index is 12.9. The zero-order valence-corrected chi connectivity index (χ0v) is 17.5. The van der Waals surface area contributed by atoms with E-state index in [9.17, 15) is 14.7 Å². The van der Waals surface area contributed by atoms with E-state index in [-0.39, 0.29) is 49.4 Å². The van der Waals surface area contributed by atoms with Gasteiger partial charge in [-0.15, -0.1) is 0 Å². The molecule has 3 aliphatic rings. The highest BCUT2D eigenvalue weighted by Crippen LogP contribution is 2.43. The van der Waals surface area contributed by atoms with Gasteiger partial charge in [-0.3, -0.25) is 14.6 Å². The normalized spacial score (nSPS) is 25.1. The Balaban J connectivity index is 1.33. The number of pyridine rings is 1. The SMILES string of the molecule is O=C(Cc1ccncc1)N1CC(=O)N2[C@H](CO)[C@H](c3ccc(C4=CCCC4)cc3)[C@@H]2C1. The molecule has 1 aromatic carbocycles. The number of aliphatic hydroxyl groups is 1. The lowest BCUT2D eigenvalue weighted by molar-refractivity contribution is -0.166. The van der Waals surface area contributed by atoms with Crippen LogP contribution < -0.4 is 0 Å². The summed E-state index contributed by atoms with van der Waals surface area (Å²) in [7, 11) is 0. The molecule has 0 unspecified atom stereocenters. The fourth-order valence-corrected chi connectivity index (χ4v) is 5.33. The Labute approximate surface area is 182 Å². The van der Waals surface area contributed by atoms with Crippen LogP contribution in [0.1, 0.15) is 41.9 Å². The van der Waals surface area contributed by atoms with Crippen LogP contribution in [-0.4, -0.2) is 63.5 Å². The number of aromatic nitrogens is 1. The highest BCUT2D eigenvalue weighted by atomic mass is 16.3. The summed E-state index contributed by atoms with van der Waals surface area (Å²) in [5.74, 6) is -0.0895. The minimum atomic E-state index is -0.216. The smallest absolute Gasteiger partial charge is 0.242 e. The zero-order chi connectivity index (χ0) is 21.4. The lowest BCUT2D eigenvalue weighted by Crippen LogP contribution is -2.73. The number of benzene rings is 1. The number of rotatable bonds is 5. The molecule has 1 N–H and O–H groups in total. The second kappa shape index (κ2) is 8.27. The molecule has 0 saturated carbocycles. The van der Waals surface area contributed by atoms with E-state index in [1.165, 1.54) is 17.6 Å². The van der Waals surface area contributed by atoms with E-state index in [0.717, 1.165) is 24.0 Å². The first-order valence-corrected chi connectivity index (χ1v) is 11.0. The summed E-state index contributed by atoms with van der Waals surface area (Å²) in [5, 5.41) is 9.98. The predicted octanol–water partition coefficient (Wildman–Crippen LogP) is 2.39. The van der Waals surface area contributed by atoms with E-state index in [1.54, 1.807) is 22.2 Å². The lowest BCUT2D eigenvalue weighted by Gasteiger charge is -2.58. The van der Waals surface area contributed by atoms with Gasteiger partial charge >= 0.3 is 0 Å².